The zero-order valence-electron chi connectivity index (χ0n) is 20.3. The van der Waals surface area contributed by atoms with E-state index in [4.69, 9.17) is 0 Å². The van der Waals surface area contributed by atoms with Crippen molar-refractivity contribution >= 4 is 21.6 Å². The quantitative estimate of drug-likeness (QED) is 0.602. The number of amides is 1. The molecule has 0 spiro atoms. The minimum absolute atomic E-state index is 0.168. The van der Waals surface area contributed by atoms with Gasteiger partial charge in [0, 0.05) is 56.1 Å². The summed E-state index contributed by atoms with van der Waals surface area (Å²) in [7, 11) is -3.39. The molecule has 2 fully saturated rings. The van der Waals surface area contributed by atoms with Gasteiger partial charge in [0.2, 0.25) is 10.0 Å². The molecule has 0 radical (unpaired) electrons. The Morgan fingerprint density at radius 3 is 2.41 bits per heavy atom. The molecule has 0 bridgehead atoms. The van der Waals surface area contributed by atoms with Crippen molar-refractivity contribution in [3.63, 3.8) is 0 Å². The van der Waals surface area contributed by atoms with Gasteiger partial charge in [0.05, 0.1) is 29.4 Å². The first-order valence-corrected chi connectivity index (χ1v) is 13.8. The number of hydrogen-bond donors (Lipinski definition) is 0. The molecular weight excluding hydrogens is 457 g/mol. The number of likely N-dealkylation sites (tertiary alicyclic amines) is 1. The van der Waals surface area contributed by atoms with Gasteiger partial charge in [-0.3, -0.25) is 14.7 Å². The summed E-state index contributed by atoms with van der Waals surface area (Å²) in [6, 6.07) is 1.41. The monoisotopic (exact) mass is 491 g/mol. The SMILES string of the molecule is CC1CN(C(=O)C2=CN=C3C=CC(F)CC3C2N2CCC(C)(C#N)CC2)C[C@H](C)N1S(C)(=O)=O. The minimum atomic E-state index is -3.39. The molecule has 34 heavy (non-hydrogen) atoms. The lowest BCUT2D eigenvalue weighted by atomic mass is 9.76. The molecule has 3 aliphatic heterocycles. The molecule has 4 rings (SSSR count). The Morgan fingerprint density at radius 1 is 1.24 bits per heavy atom. The molecular formula is C24H34FN5O3S. The van der Waals surface area contributed by atoms with Crippen molar-refractivity contribution in [2.24, 2.45) is 16.3 Å². The normalized spacial score (nSPS) is 34.6. The standard InChI is InChI=1S/C24H34FN5O3S/c1-16-13-29(14-17(2)30(16)34(4,32)33)23(31)20-12-27-21-6-5-18(25)11-19(21)22(20)28-9-7-24(3,15-26)8-10-28/h5-6,12,16-19,22H,7-11,13-14H2,1-4H3/t16-,17?,18?,19?,22?/m0/s1. The number of carbonyl (C=O) groups is 1. The fourth-order valence-electron chi connectivity index (χ4n) is 5.99. The van der Waals surface area contributed by atoms with E-state index in [1.54, 1.807) is 17.2 Å². The second kappa shape index (κ2) is 9.17. The molecule has 2 saturated heterocycles. The number of piperazine rings is 1. The molecule has 4 aliphatic rings. The highest BCUT2D eigenvalue weighted by molar-refractivity contribution is 7.88. The van der Waals surface area contributed by atoms with Crippen LogP contribution in [0.2, 0.25) is 0 Å². The minimum Gasteiger partial charge on any atom is -0.336 e. The van der Waals surface area contributed by atoms with Crippen molar-refractivity contribution in [1.29, 1.82) is 5.26 Å². The summed E-state index contributed by atoms with van der Waals surface area (Å²) in [5.74, 6) is -0.402. The average Bonchev–Trinajstić information content (AvgIpc) is 2.77. The highest BCUT2D eigenvalue weighted by atomic mass is 32.2. The third-order valence-electron chi connectivity index (χ3n) is 7.71. The van der Waals surface area contributed by atoms with Gasteiger partial charge < -0.3 is 4.90 Å². The van der Waals surface area contributed by atoms with Crippen molar-refractivity contribution in [2.45, 2.75) is 64.3 Å². The zero-order chi connectivity index (χ0) is 24.8. The van der Waals surface area contributed by atoms with Gasteiger partial charge in [-0.05, 0) is 52.2 Å². The zero-order valence-corrected chi connectivity index (χ0v) is 21.1. The number of sulfonamides is 1. The summed E-state index contributed by atoms with van der Waals surface area (Å²) in [5, 5.41) is 9.54. The van der Waals surface area contributed by atoms with Crippen molar-refractivity contribution < 1.29 is 17.6 Å². The number of nitriles is 1. The molecule has 4 unspecified atom stereocenters. The van der Waals surface area contributed by atoms with Gasteiger partial charge in [-0.15, -0.1) is 0 Å². The molecule has 1 amide bonds. The topological polar surface area (TPSA) is 97.1 Å². The maximum Gasteiger partial charge on any atom is 0.253 e. The number of alkyl halides is 1. The molecule has 8 nitrogen and oxygen atoms in total. The lowest BCUT2D eigenvalue weighted by molar-refractivity contribution is -0.131. The fraction of sp³-hybridized carbons (Fsp3) is 0.708. The number of halogens is 1. The molecule has 3 heterocycles. The Kier molecular flexibility index (Phi) is 6.75. The molecule has 0 aromatic heterocycles. The summed E-state index contributed by atoms with van der Waals surface area (Å²) in [6.07, 6.45) is 6.62. The number of fused-ring (bicyclic) bond motifs is 1. The molecule has 186 valence electrons. The summed E-state index contributed by atoms with van der Waals surface area (Å²) in [5.41, 5.74) is 0.925. The number of rotatable bonds is 3. The summed E-state index contributed by atoms with van der Waals surface area (Å²) in [6.45, 7) is 7.47. The van der Waals surface area contributed by atoms with E-state index in [2.05, 4.69) is 16.0 Å². The average molecular weight is 492 g/mol. The Labute approximate surface area is 201 Å². The number of hydrogen-bond acceptors (Lipinski definition) is 6. The Bertz CT molecular complexity index is 1060. The largest absolute Gasteiger partial charge is 0.336 e. The van der Waals surface area contributed by atoms with E-state index in [0.717, 1.165) is 5.71 Å². The van der Waals surface area contributed by atoms with Crippen LogP contribution in [-0.4, -0.2) is 90.9 Å². The van der Waals surface area contributed by atoms with E-state index in [0.29, 0.717) is 44.6 Å². The summed E-state index contributed by atoms with van der Waals surface area (Å²) >= 11 is 0. The van der Waals surface area contributed by atoms with Gasteiger partial charge in [-0.2, -0.15) is 9.57 Å². The van der Waals surface area contributed by atoms with Gasteiger partial charge in [-0.1, -0.05) is 0 Å². The van der Waals surface area contributed by atoms with Gasteiger partial charge in [0.1, 0.15) is 6.17 Å². The van der Waals surface area contributed by atoms with Crippen LogP contribution in [-0.2, 0) is 14.8 Å². The first-order valence-electron chi connectivity index (χ1n) is 12.0. The number of allylic oxidation sites excluding steroid dienone is 2. The van der Waals surface area contributed by atoms with E-state index in [1.165, 1.54) is 16.6 Å². The van der Waals surface area contributed by atoms with E-state index < -0.39 is 21.6 Å². The van der Waals surface area contributed by atoms with Gasteiger partial charge in [0.25, 0.3) is 5.91 Å². The molecule has 0 N–H and O–H groups in total. The Balaban J connectivity index is 1.62. The summed E-state index contributed by atoms with van der Waals surface area (Å²) < 4.78 is 40.4. The van der Waals surface area contributed by atoms with Crippen LogP contribution in [0.4, 0.5) is 4.39 Å². The molecule has 10 heteroatoms. The first-order chi connectivity index (χ1) is 15.9. The highest BCUT2D eigenvalue weighted by Gasteiger charge is 2.45. The van der Waals surface area contributed by atoms with Crippen molar-refractivity contribution in [3.05, 3.63) is 23.9 Å². The Hall–Kier alpha value is -2.09. The maximum atomic E-state index is 14.4. The van der Waals surface area contributed by atoms with Crippen LogP contribution in [0.3, 0.4) is 0 Å². The molecule has 0 saturated carbocycles. The predicted molar refractivity (Wildman–Crippen MR) is 128 cm³/mol. The lowest BCUT2D eigenvalue weighted by Gasteiger charge is -2.47. The highest BCUT2D eigenvalue weighted by Crippen LogP contribution is 2.38. The number of carbonyl (C=O) groups excluding carboxylic acids is 1. The smallest absolute Gasteiger partial charge is 0.253 e. The fourth-order valence-corrected chi connectivity index (χ4v) is 7.43. The number of piperidine rings is 1. The lowest BCUT2D eigenvalue weighted by Crippen LogP contribution is -2.61. The van der Waals surface area contributed by atoms with Crippen molar-refractivity contribution in [3.8, 4) is 6.07 Å². The van der Waals surface area contributed by atoms with E-state index >= 15 is 0 Å². The van der Waals surface area contributed by atoms with Gasteiger partial charge in [-0.25, -0.2) is 12.8 Å². The van der Waals surface area contributed by atoms with Crippen molar-refractivity contribution in [2.75, 3.05) is 32.4 Å². The maximum absolute atomic E-state index is 14.4. The van der Waals surface area contributed by atoms with Gasteiger partial charge in [0.15, 0.2) is 0 Å². The first kappa shape index (κ1) is 25.0. The molecule has 0 aromatic carbocycles. The van der Waals surface area contributed by atoms with Crippen LogP contribution in [0.1, 0.15) is 40.0 Å². The van der Waals surface area contributed by atoms with E-state index in [9.17, 15) is 22.9 Å². The second-order valence-electron chi connectivity index (χ2n) is 10.5. The van der Waals surface area contributed by atoms with Gasteiger partial charge >= 0.3 is 0 Å². The van der Waals surface area contributed by atoms with Crippen LogP contribution in [0, 0.1) is 22.7 Å². The van der Waals surface area contributed by atoms with E-state index in [1.807, 2.05) is 20.8 Å². The Morgan fingerprint density at radius 2 is 1.85 bits per heavy atom. The third kappa shape index (κ3) is 4.70. The van der Waals surface area contributed by atoms with Crippen LogP contribution >= 0.6 is 0 Å². The van der Waals surface area contributed by atoms with Crippen LogP contribution in [0.5, 0.6) is 0 Å². The molecule has 5 atom stereocenters. The van der Waals surface area contributed by atoms with Crippen LogP contribution < -0.4 is 0 Å². The number of aliphatic imine (C=N–C) groups is 1. The third-order valence-corrected chi connectivity index (χ3v) is 9.19. The number of nitrogens with zero attached hydrogens (tertiary/aromatic N) is 5. The van der Waals surface area contributed by atoms with Crippen LogP contribution in [0.25, 0.3) is 0 Å². The van der Waals surface area contributed by atoms with E-state index in [-0.39, 0.29) is 36.4 Å². The summed E-state index contributed by atoms with van der Waals surface area (Å²) in [4.78, 5) is 22.3. The van der Waals surface area contributed by atoms with Crippen LogP contribution in [0.15, 0.2) is 28.9 Å². The predicted octanol–water partition coefficient (Wildman–Crippen LogP) is 2.11. The molecule has 1 aliphatic carbocycles. The van der Waals surface area contributed by atoms with Crippen molar-refractivity contribution in [1.82, 2.24) is 14.1 Å². The second-order valence-corrected chi connectivity index (χ2v) is 12.4. The molecule has 0 aromatic rings.